The van der Waals surface area contributed by atoms with Gasteiger partial charge in [-0.25, -0.2) is 4.79 Å². The van der Waals surface area contributed by atoms with Gasteiger partial charge in [0.2, 0.25) is 5.91 Å². The SMILES string of the molecule is Cc1c(OCC(=O)NCC(=O)NCC(=O)[O-])ccc2c1oc(=O)c1ccccc12. The second-order valence-electron chi connectivity index (χ2n) is 6.21. The van der Waals surface area contributed by atoms with Gasteiger partial charge in [0.15, 0.2) is 6.61 Å². The highest BCUT2D eigenvalue weighted by atomic mass is 16.5. The second kappa shape index (κ2) is 8.42. The molecule has 0 saturated heterocycles. The van der Waals surface area contributed by atoms with E-state index in [9.17, 15) is 24.3 Å². The topological polar surface area (TPSA) is 138 Å². The highest BCUT2D eigenvalue weighted by Crippen LogP contribution is 2.30. The van der Waals surface area contributed by atoms with Crippen LogP contribution in [0.3, 0.4) is 0 Å². The molecule has 29 heavy (non-hydrogen) atoms. The van der Waals surface area contributed by atoms with Gasteiger partial charge in [0.25, 0.3) is 5.91 Å². The van der Waals surface area contributed by atoms with Crippen LogP contribution in [0, 0.1) is 6.92 Å². The lowest BCUT2D eigenvalue weighted by Crippen LogP contribution is -2.43. The molecule has 0 aliphatic rings. The van der Waals surface area contributed by atoms with Gasteiger partial charge in [-0.3, -0.25) is 9.59 Å². The van der Waals surface area contributed by atoms with E-state index >= 15 is 0 Å². The molecule has 3 rings (SSSR count). The fourth-order valence-corrected chi connectivity index (χ4v) is 2.82. The maximum Gasteiger partial charge on any atom is 0.344 e. The largest absolute Gasteiger partial charge is 0.548 e. The molecule has 1 aromatic heterocycles. The molecule has 0 atom stereocenters. The van der Waals surface area contributed by atoms with Gasteiger partial charge in [0, 0.05) is 10.9 Å². The number of nitrogens with one attached hydrogen (secondary N) is 2. The summed E-state index contributed by atoms with van der Waals surface area (Å²) in [5.74, 6) is -2.32. The number of benzene rings is 2. The number of carboxylic acid groups (broad SMARTS) is 1. The van der Waals surface area contributed by atoms with Crippen LogP contribution in [0.4, 0.5) is 0 Å². The number of amides is 2. The van der Waals surface area contributed by atoms with E-state index in [4.69, 9.17) is 9.15 Å². The van der Waals surface area contributed by atoms with Crippen LogP contribution in [-0.4, -0.2) is 37.5 Å². The highest BCUT2D eigenvalue weighted by molar-refractivity contribution is 6.05. The molecule has 0 aliphatic heterocycles. The lowest BCUT2D eigenvalue weighted by molar-refractivity contribution is -0.304. The van der Waals surface area contributed by atoms with Crippen molar-refractivity contribution < 1.29 is 28.6 Å². The van der Waals surface area contributed by atoms with Crippen molar-refractivity contribution >= 4 is 39.5 Å². The van der Waals surface area contributed by atoms with E-state index in [1.165, 1.54) is 0 Å². The van der Waals surface area contributed by atoms with Gasteiger partial charge in [-0.15, -0.1) is 0 Å². The van der Waals surface area contributed by atoms with E-state index < -0.39 is 36.5 Å². The van der Waals surface area contributed by atoms with Crippen molar-refractivity contribution in [3.63, 3.8) is 0 Å². The summed E-state index contributed by atoms with van der Waals surface area (Å²) in [6.45, 7) is 0.299. The number of carbonyl (C=O) groups is 3. The Labute approximate surface area is 164 Å². The molecule has 2 N–H and O–H groups in total. The molecule has 9 heteroatoms. The lowest BCUT2D eigenvalue weighted by atomic mass is 10.0. The van der Waals surface area contributed by atoms with Crippen LogP contribution in [0.2, 0.25) is 0 Å². The molecule has 3 aromatic rings. The number of aryl methyl sites for hydroxylation is 1. The summed E-state index contributed by atoms with van der Waals surface area (Å²) in [6.07, 6.45) is 0. The van der Waals surface area contributed by atoms with E-state index in [0.29, 0.717) is 22.3 Å². The fraction of sp³-hybridized carbons (Fsp3) is 0.200. The molecule has 0 bridgehead atoms. The Balaban J connectivity index is 1.69. The van der Waals surface area contributed by atoms with Crippen LogP contribution in [-0.2, 0) is 14.4 Å². The first kappa shape index (κ1) is 19.9. The van der Waals surface area contributed by atoms with E-state index in [1.807, 2.05) is 12.1 Å². The minimum atomic E-state index is -1.43. The third-order valence-electron chi connectivity index (χ3n) is 4.22. The number of hydrogen-bond acceptors (Lipinski definition) is 7. The molecule has 0 spiro atoms. The molecule has 150 valence electrons. The minimum Gasteiger partial charge on any atom is -0.548 e. The van der Waals surface area contributed by atoms with Crippen molar-refractivity contribution in [2.45, 2.75) is 6.92 Å². The fourth-order valence-electron chi connectivity index (χ4n) is 2.82. The number of ether oxygens (including phenoxy) is 1. The summed E-state index contributed by atoms with van der Waals surface area (Å²) in [5.41, 5.74) is 0.465. The summed E-state index contributed by atoms with van der Waals surface area (Å²) < 4.78 is 10.9. The number of rotatable bonds is 7. The van der Waals surface area contributed by atoms with Crippen molar-refractivity contribution in [3.05, 3.63) is 52.4 Å². The minimum absolute atomic E-state index is 0.354. The molecule has 0 saturated carbocycles. The zero-order valence-electron chi connectivity index (χ0n) is 15.4. The molecule has 9 nitrogen and oxygen atoms in total. The maximum atomic E-state index is 12.2. The monoisotopic (exact) mass is 397 g/mol. The second-order valence-corrected chi connectivity index (χ2v) is 6.21. The zero-order chi connectivity index (χ0) is 21.0. The van der Waals surface area contributed by atoms with Crippen molar-refractivity contribution in [3.8, 4) is 5.75 Å². The average Bonchev–Trinajstić information content (AvgIpc) is 2.71. The predicted octanol–water partition coefficient (Wildman–Crippen LogP) is -0.384. The summed E-state index contributed by atoms with van der Waals surface area (Å²) >= 11 is 0. The number of carboxylic acids is 1. The van der Waals surface area contributed by atoms with Gasteiger partial charge < -0.3 is 29.7 Å². The smallest absolute Gasteiger partial charge is 0.344 e. The first-order valence-corrected chi connectivity index (χ1v) is 8.68. The normalized spacial score (nSPS) is 10.7. The van der Waals surface area contributed by atoms with Gasteiger partial charge >= 0.3 is 5.63 Å². The Kier molecular flexibility index (Phi) is 5.77. The van der Waals surface area contributed by atoms with E-state index in [-0.39, 0.29) is 6.61 Å². The molecular weight excluding hydrogens is 380 g/mol. The third-order valence-corrected chi connectivity index (χ3v) is 4.22. The van der Waals surface area contributed by atoms with Gasteiger partial charge in [0.1, 0.15) is 11.3 Å². The molecule has 0 radical (unpaired) electrons. The number of carbonyl (C=O) groups excluding carboxylic acids is 3. The summed E-state index contributed by atoms with van der Waals surface area (Å²) in [7, 11) is 0. The van der Waals surface area contributed by atoms with Crippen LogP contribution in [0.15, 0.2) is 45.6 Å². The average molecular weight is 397 g/mol. The van der Waals surface area contributed by atoms with Crippen LogP contribution in [0.25, 0.3) is 21.7 Å². The summed E-state index contributed by atoms with van der Waals surface area (Å²) in [6, 6.07) is 10.5. The highest BCUT2D eigenvalue weighted by Gasteiger charge is 2.13. The molecule has 1 heterocycles. The van der Waals surface area contributed by atoms with Gasteiger partial charge in [-0.2, -0.15) is 0 Å². The summed E-state index contributed by atoms with van der Waals surface area (Å²) in [5, 5.41) is 16.6. The van der Waals surface area contributed by atoms with E-state index in [1.54, 1.807) is 31.2 Å². The molecular formula is C20H17N2O7-. The zero-order valence-corrected chi connectivity index (χ0v) is 15.4. The third kappa shape index (κ3) is 4.52. The van der Waals surface area contributed by atoms with Crippen LogP contribution < -0.4 is 26.1 Å². The Morgan fingerprint density at radius 1 is 0.966 bits per heavy atom. The van der Waals surface area contributed by atoms with Crippen LogP contribution >= 0.6 is 0 Å². The van der Waals surface area contributed by atoms with Crippen molar-refractivity contribution in [2.75, 3.05) is 19.7 Å². The van der Waals surface area contributed by atoms with Gasteiger partial charge in [-0.1, -0.05) is 18.2 Å². The van der Waals surface area contributed by atoms with Crippen molar-refractivity contribution in [1.82, 2.24) is 10.6 Å². The molecule has 0 fully saturated rings. The van der Waals surface area contributed by atoms with E-state index in [0.717, 1.165) is 10.8 Å². The Morgan fingerprint density at radius 2 is 1.66 bits per heavy atom. The van der Waals surface area contributed by atoms with Crippen LogP contribution in [0.5, 0.6) is 5.75 Å². The lowest BCUT2D eigenvalue weighted by Gasteiger charge is -2.12. The standard InChI is InChI=1S/C20H18N2O7/c1-11-15(28-10-17(24)21-8-16(23)22-9-18(25)26)7-6-13-12-4-2-3-5-14(12)20(27)29-19(11)13/h2-7H,8-10H2,1H3,(H,21,24)(H,22,23)(H,25,26)/p-1. The van der Waals surface area contributed by atoms with Crippen molar-refractivity contribution in [1.29, 1.82) is 0 Å². The quantitative estimate of drug-likeness (QED) is 0.409. The number of hydrogen-bond donors (Lipinski definition) is 2. The first-order valence-electron chi connectivity index (χ1n) is 8.68. The molecule has 0 aliphatic carbocycles. The maximum absolute atomic E-state index is 12.2. The molecule has 0 unspecified atom stereocenters. The Bertz CT molecular complexity index is 1170. The predicted molar refractivity (Wildman–Crippen MR) is 101 cm³/mol. The Hall–Kier alpha value is -3.88. The summed E-state index contributed by atoms with van der Waals surface area (Å²) in [4.78, 5) is 45.7. The van der Waals surface area contributed by atoms with Gasteiger partial charge in [0.05, 0.1) is 24.4 Å². The van der Waals surface area contributed by atoms with E-state index in [2.05, 4.69) is 10.6 Å². The number of fused-ring (bicyclic) bond motifs is 3. The van der Waals surface area contributed by atoms with Gasteiger partial charge in [-0.05, 0) is 30.5 Å². The molecule has 2 aromatic carbocycles. The number of aliphatic carboxylic acids is 1. The molecule has 2 amide bonds. The Morgan fingerprint density at radius 3 is 2.38 bits per heavy atom. The van der Waals surface area contributed by atoms with Crippen molar-refractivity contribution in [2.24, 2.45) is 0 Å². The first-order chi connectivity index (χ1) is 13.9. The van der Waals surface area contributed by atoms with Crippen LogP contribution in [0.1, 0.15) is 5.56 Å².